The first-order valence-electron chi connectivity index (χ1n) is 4.90. The first kappa shape index (κ1) is 7.86. The van der Waals surface area contributed by atoms with E-state index in [2.05, 4.69) is 19.1 Å². The number of nitrogens with zero attached hydrogens (tertiary/aromatic N) is 1. The van der Waals surface area contributed by atoms with Gasteiger partial charge in [-0.1, -0.05) is 18.6 Å². The van der Waals surface area contributed by atoms with E-state index in [0.717, 1.165) is 6.42 Å². The van der Waals surface area contributed by atoms with Gasteiger partial charge in [0.25, 0.3) is 0 Å². The molecular weight excluding hydrogens is 146 g/mol. The number of hydrogen-bond donors (Lipinski definition) is 0. The Morgan fingerprint density at radius 1 is 1.58 bits per heavy atom. The van der Waals surface area contributed by atoms with E-state index in [9.17, 15) is 0 Å². The zero-order valence-corrected chi connectivity index (χ0v) is 7.64. The minimum atomic E-state index is -0.0135. The van der Waals surface area contributed by atoms with Gasteiger partial charge >= 0.3 is 0 Å². The molecule has 0 aliphatic heterocycles. The summed E-state index contributed by atoms with van der Waals surface area (Å²) in [5, 5.41) is 9.09. The van der Waals surface area contributed by atoms with Crippen LogP contribution in [0.25, 0.3) is 0 Å². The van der Waals surface area contributed by atoms with Crippen molar-refractivity contribution in [3.05, 3.63) is 11.6 Å². The molecule has 0 radical (unpaired) electrons. The third-order valence-electron chi connectivity index (χ3n) is 3.37. The van der Waals surface area contributed by atoms with Crippen molar-refractivity contribution in [2.75, 3.05) is 0 Å². The summed E-state index contributed by atoms with van der Waals surface area (Å²) < 4.78 is 0. The van der Waals surface area contributed by atoms with Crippen molar-refractivity contribution in [3.8, 4) is 6.07 Å². The molecule has 2 rings (SSSR count). The molecular formula is C11H15N. The summed E-state index contributed by atoms with van der Waals surface area (Å²) in [6.45, 7) is 2.19. The van der Waals surface area contributed by atoms with Crippen LogP contribution in [0.5, 0.6) is 0 Å². The fourth-order valence-electron chi connectivity index (χ4n) is 2.34. The molecule has 0 N–H and O–H groups in total. The predicted molar refractivity (Wildman–Crippen MR) is 48.4 cm³/mol. The number of hydrogen-bond acceptors (Lipinski definition) is 1. The van der Waals surface area contributed by atoms with Crippen LogP contribution in [0.3, 0.4) is 0 Å². The molecule has 0 aromatic heterocycles. The Bertz CT molecular complexity index is 259. The molecule has 1 nitrogen and oxygen atoms in total. The van der Waals surface area contributed by atoms with Crippen molar-refractivity contribution >= 4 is 0 Å². The van der Waals surface area contributed by atoms with Gasteiger partial charge in [-0.2, -0.15) is 5.26 Å². The van der Waals surface area contributed by atoms with E-state index in [0.29, 0.717) is 5.92 Å². The van der Waals surface area contributed by atoms with E-state index >= 15 is 0 Å². The first-order valence-corrected chi connectivity index (χ1v) is 4.90. The lowest BCUT2D eigenvalue weighted by Gasteiger charge is -2.17. The molecule has 2 atom stereocenters. The summed E-state index contributed by atoms with van der Waals surface area (Å²) in [5.41, 5.74) is 1.43. The van der Waals surface area contributed by atoms with Crippen LogP contribution in [0, 0.1) is 22.7 Å². The highest BCUT2D eigenvalue weighted by Crippen LogP contribution is 2.58. The van der Waals surface area contributed by atoms with Gasteiger partial charge in [0.2, 0.25) is 0 Å². The molecule has 0 spiro atoms. The second-order valence-corrected chi connectivity index (χ2v) is 4.16. The topological polar surface area (TPSA) is 23.8 Å². The van der Waals surface area contributed by atoms with Crippen LogP contribution in [-0.2, 0) is 0 Å². The maximum atomic E-state index is 9.09. The van der Waals surface area contributed by atoms with Crippen molar-refractivity contribution < 1.29 is 0 Å². The van der Waals surface area contributed by atoms with Crippen LogP contribution in [-0.4, -0.2) is 0 Å². The molecule has 12 heavy (non-hydrogen) atoms. The third kappa shape index (κ3) is 0.982. The van der Waals surface area contributed by atoms with Gasteiger partial charge in [0.15, 0.2) is 0 Å². The molecule has 1 fully saturated rings. The highest BCUT2D eigenvalue weighted by atomic mass is 14.6. The van der Waals surface area contributed by atoms with Gasteiger partial charge in [-0.3, -0.25) is 0 Å². The van der Waals surface area contributed by atoms with E-state index in [4.69, 9.17) is 5.26 Å². The molecule has 0 aromatic carbocycles. The Balaban J connectivity index is 2.19. The maximum absolute atomic E-state index is 9.09. The molecule has 0 aromatic rings. The Morgan fingerprint density at radius 2 is 2.33 bits per heavy atom. The smallest absolute Gasteiger partial charge is 0.0811 e. The average Bonchev–Trinajstić information content (AvgIpc) is 2.80. The fourth-order valence-corrected chi connectivity index (χ4v) is 2.34. The Morgan fingerprint density at radius 3 is 2.75 bits per heavy atom. The highest BCUT2D eigenvalue weighted by Gasteiger charge is 2.54. The third-order valence-corrected chi connectivity index (χ3v) is 3.37. The van der Waals surface area contributed by atoms with Gasteiger partial charge < -0.3 is 0 Å². The molecule has 1 heteroatoms. The molecule has 1 saturated carbocycles. The molecule has 0 heterocycles. The zero-order valence-electron chi connectivity index (χ0n) is 7.64. The molecule has 0 bridgehead atoms. The van der Waals surface area contributed by atoms with Crippen LogP contribution >= 0.6 is 0 Å². The van der Waals surface area contributed by atoms with Crippen LogP contribution in [0.2, 0.25) is 0 Å². The zero-order chi connectivity index (χ0) is 8.60. The highest BCUT2D eigenvalue weighted by molar-refractivity contribution is 5.34. The van der Waals surface area contributed by atoms with Gasteiger partial charge in [0.1, 0.15) is 0 Å². The van der Waals surface area contributed by atoms with Crippen LogP contribution in [0.4, 0.5) is 0 Å². The van der Waals surface area contributed by atoms with Gasteiger partial charge in [-0.05, 0) is 38.0 Å². The fraction of sp³-hybridized carbons (Fsp3) is 0.727. The average molecular weight is 161 g/mol. The molecule has 2 aliphatic rings. The summed E-state index contributed by atoms with van der Waals surface area (Å²) in [6, 6.07) is 2.50. The number of allylic oxidation sites excluding steroid dienone is 2. The lowest BCUT2D eigenvalue weighted by molar-refractivity contribution is 0.599. The standard InChI is InChI=1S/C11H15N/c1-9-7-11(9,8-12)10-5-3-2-4-6-10/h5,9H,2-4,6-7H2,1H3. The monoisotopic (exact) mass is 161 g/mol. The van der Waals surface area contributed by atoms with Gasteiger partial charge in [0, 0.05) is 0 Å². The molecule has 64 valence electrons. The first-order chi connectivity index (χ1) is 5.79. The van der Waals surface area contributed by atoms with Crippen molar-refractivity contribution in [1.82, 2.24) is 0 Å². The van der Waals surface area contributed by atoms with Crippen molar-refractivity contribution in [2.24, 2.45) is 11.3 Å². The summed E-state index contributed by atoms with van der Waals surface area (Å²) in [4.78, 5) is 0. The number of nitriles is 1. The number of rotatable bonds is 1. The summed E-state index contributed by atoms with van der Waals surface area (Å²) >= 11 is 0. The molecule has 2 aliphatic carbocycles. The lowest BCUT2D eigenvalue weighted by atomic mass is 9.86. The van der Waals surface area contributed by atoms with Crippen molar-refractivity contribution in [3.63, 3.8) is 0 Å². The van der Waals surface area contributed by atoms with Gasteiger partial charge in [0.05, 0.1) is 11.5 Å². The Hall–Kier alpha value is -0.770. The lowest BCUT2D eigenvalue weighted by Crippen LogP contribution is -2.07. The molecule has 2 unspecified atom stereocenters. The van der Waals surface area contributed by atoms with E-state index < -0.39 is 0 Å². The van der Waals surface area contributed by atoms with Crippen molar-refractivity contribution in [2.45, 2.75) is 39.0 Å². The van der Waals surface area contributed by atoms with Crippen LogP contribution < -0.4 is 0 Å². The van der Waals surface area contributed by atoms with E-state index in [1.165, 1.54) is 31.3 Å². The van der Waals surface area contributed by atoms with Gasteiger partial charge in [-0.15, -0.1) is 0 Å². The second kappa shape index (κ2) is 2.62. The summed E-state index contributed by atoms with van der Waals surface area (Å²) in [7, 11) is 0. The van der Waals surface area contributed by atoms with Gasteiger partial charge in [-0.25, -0.2) is 0 Å². The van der Waals surface area contributed by atoms with Crippen molar-refractivity contribution in [1.29, 1.82) is 5.26 Å². The normalized spacial score (nSPS) is 40.0. The van der Waals surface area contributed by atoms with Crippen LogP contribution in [0.15, 0.2) is 11.6 Å². The Kier molecular flexibility index (Phi) is 1.72. The molecule has 0 saturated heterocycles. The van der Waals surface area contributed by atoms with Crippen LogP contribution in [0.1, 0.15) is 39.0 Å². The van der Waals surface area contributed by atoms with E-state index in [1.54, 1.807) is 0 Å². The van der Waals surface area contributed by atoms with E-state index in [1.807, 2.05) is 0 Å². The SMILES string of the molecule is CC1CC1(C#N)C1=CCCCC1. The predicted octanol–water partition coefficient (Wildman–Crippen LogP) is 3.04. The Labute approximate surface area is 74.1 Å². The second-order valence-electron chi connectivity index (χ2n) is 4.16. The summed E-state index contributed by atoms with van der Waals surface area (Å²) in [5.74, 6) is 0.617. The molecule has 0 amide bonds. The minimum Gasteiger partial charge on any atom is -0.197 e. The largest absolute Gasteiger partial charge is 0.197 e. The quantitative estimate of drug-likeness (QED) is 0.542. The summed E-state index contributed by atoms with van der Waals surface area (Å²) in [6.07, 6.45) is 8.41. The minimum absolute atomic E-state index is 0.0135. The maximum Gasteiger partial charge on any atom is 0.0811 e. The van der Waals surface area contributed by atoms with E-state index in [-0.39, 0.29) is 5.41 Å².